The molecule has 8 nitrogen and oxygen atoms in total. The molecule has 0 aliphatic carbocycles. The molecule has 0 bridgehead atoms. The van der Waals surface area contributed by atoms with Crippen LogP contribution in [0.4, 0.5) is 5.82 Å². The summed E-state index contributed by atoms with van der Waals surface area (Å²) in [5, 5.41) is 2.78. The smallest absolute Gasteiger partial charge is 0.225 e. The number of rotatable bonds is 11. The second kappa shape index (κ2) is 11.5. The molecule has 0 atom stereocenters. The molecule has 3 aromatic rings. The molecule has 0 saturated heterocycles. The van der Waals surface area contributed by atoms with E-state index in [1.54, 1.807) is 48.9 Å². The highest BCUT2D eigenvalue weighted by Gasteiger charge is 2.11. The van der Waals surface area contributed by atoms with Crippen molar-refractivity contribution in [2.75, 3.05) is 19.0 Å². The Hall–Kier alpha value is -3.94. The van der Waals surface area contributed by atoms with Crippen molar-refractivity contribution in [3.8, 4) is 17.2 Å². The molecule has 2 aromatic heterocycles. The van der Waals surface area contributed by atoms with Crippen LogP contribution in [-0.2, 0) is 11.4 Å². The number of pyridine rings is 2. The predicted octanol–water partition coefficient (Wildman–Crippen LogP) is 4.06. The molecule has 166 valence electrons. The lowest BCUT2D eigenvalue weighted by molar-refractivity contribution is -0.116. The summed E-state index contributed by atoms with van der Waals surface area (Å²) in [5.74, 6) is 1.62. The van der Waals surface area contributed by atoms with Gasteiger partial charge in [-0.15, -0.1) is 0 Å². The second-order valence-corrected chi connectivity index (χ2v) is 6.92. The Kier molecular flexibility index (Phi) is 8.14. The van der Waals surface area contributed by atoms with E-state index in [9.17, 15) is 9.59 Å². The summed E-state index contributed by atoms with van der Waals surface area (Å²) in [4.78, 5) is 32.0. The molecule has 0 fully saturated rings. The van der Waals surface area contributed by atoms with E-state index in [-0.39, 0.29) is 18.1 Å². The summed E-state index contributed by atoms with van der Waals surface area (Å²) in [6, 6.07) is 12.2. The minimum absolute atomic E-state index is 0.0508. The fourth-order valence-electron chi connectivity index (χ4n) is 2.86. The van der Waals surface area contributed by atoms with Crippen molar-refractivity contribution < 1.29 is 23.8 Å². The Labute approximate surface area is 186 Å². The number of carbonyl (C=O) groups excluding carboxylic acids is 2. The lowest BCUT2D eigenvalue weighted by Gasteiger charge is -2.12. The zero-order valence-electron chi connectivity index (χ0n) is 18.0. The van der Waals surface area contributed by atoms with Gasteiger partial charge < -0.3 is 19.5 Å². The molecule has 0 aliphatic rings. The first-order chi connectivity index (χ1) is 15.6. The number of amides is 1. The molecule has 0 aliphatic heterocycles. The van der Waals surface area contributed by atoms with E-state index in [1.807, 2.05) is 12.1 Å². The monoisotopic (exact) mass is 435 g/mol. The molecule has 1 amide bonds. The number of nitrogens with zero attached hydrogens (tertiary/aromatic N) is 2. The van der Waals surface area contributed by atoms with Gasteiger partial charge in [0.15, 0.2) is 28.8 Å². The fraction of sp³-hybridized carbons (Fsp3) is 0.250. The number of aromatic nitrogens is 2. The molecule has 3 rings (SSSR count). The van der Waals surface area contributed by atoms with E-state index in [2.05, 4.69) is 15.3 Å². The number of methoxy groups -OCH3 is 1. The fourth-order valence-corrected chi connectivity index (χ4v) is 2.86. The Morgan fingerprint density at radius 2 is 1.78 bits per heavy atom. The molecule has 1 aromatic carbocycles. The Morgan fingerprint density at radius 1 is 0.969 bits per heavy atom. The first-order valence-electron chi connectivity index (χ1n) is 10.1. The van der Waals surface area contributed by atoms with Crippen LogP contribution >= 0.6 is 0 Å². The topological polar surface area (TPSA) is 99.6 Å². The number of ether oxygens (including phenoxy) is 3. The molecule has 0 saturated carbocycles. The van der Waals surface area contributed by atoms with E-state index in [4.69, 9.17) is 14.2 Å². The number of nitrogens with one attached hydrogen (secondary N) is 1. The minimum atomic E-state index is -0.194. The van der Waals surface area contributed by atoms with E-state index in [1.165, 1.54) is 14.0 Å². The standard InChI is InChI=1S/C24H25N3O5/c1-17(28)19-7-8-20(22(15-19)30-2)31-14-4-6-23(29)27-24-21(5-3-11-26-24)32-16-18-9-12-25-13-10-18/h3,5,7-13,15H,4,6,14,16H2,1-2H3,(H,26,27,29). The maximum atomic E-state index is 12.4. The van der Waals surface area contributed by atoms with Crippen molar-refractivity contribution in [3.05, 3.63) is 72.2 Å². The average Bonchev–Trinajstić information content (AvgIpc) is 2.82. The number of carbonyl (C=O) groups is 2. The Balaban J connectivity index is 1.48. The summed E-state index contributed by atoms with van der Waals surface area (Å²) in [7, 11) is 1.51. The first-order valence-corrected chi connectivity index (χ1v) is 10.1. The van der Waals surface area contributed by atoms with E-state index in [0.717, 1.165) is 5.56 Å². The number of hydrogen-bond acceptors (Lipinski definition) is 7. The van der Waals surface area contributed by atoms with Gasteiger partial charge in [0.1, 0.15) is 6.61 Å². The van der Waals surface area contributed by atoms with Crippen LogP contribution in [0.15, 0.2) is 61.1 Å². The maximum absolute atomic E-state index is 12.4. The van der Waals surface area contributed by atoms with E-state index >= 15 is 0 Å². The number of Topliss-reactive ketones (excluding diaryl/α,β-unsaturated/α-hetero) is 1. The molecular weight excluding hydrogens is 410 g/mol. The van der Waals surface area contributed by atoms with Gasteiger partial charge in [0, 0.05) is 30.6 Å². The van der Waals surface area contributed by atoms with Crippen LogP contribution < -0.4 is 19.5 Å². The van der Waals surface area contributed by atoms with Gasteiger partial charge in [-0.1, -0.05) is 0 Å². The van der Waals surface area contributed by atoms with E-state index in [0.29, 0.717) is 48.3 Å². The molecule has 8 heteroatoms. The normalized spacial score (nSPS) is 10.3. The van der Waals surface area contributed by atoms with Gasteiger partial charge in [-0.05, 0) is 61.4 Å². The average molecular weight is 435 g/mol. The van der Waals surface area contributed by atoms with Crippen LogP contribution in [0.5, 0.6) is 17.2 Å². The van der Waals surface area contributed by atoms with Gasteiger partial charge in [0.25, 0.3) is 0 Å². The third kappa shape index (κ3) is 6.53. The second-order valence-electron chi connectivity index (χ2n) is 6.92. The number of hydrogen-bond donors (Lipinski definition) is 1. The summed E-state index contributed by atoms with van der Waals surface area (Å²) >= 11 is 0. The highest BCUT2D eigenvalue weighted by molar-refractivity contribution is 5.94. The molecule has 1 N–H and O–H groups in total. The van der Waals surface area contributed by atoms with Crippen LogP contribution in [-0.4, -0.2) is 35.4 Å². The summed E-state index contributed by atoms with van der Waals surface area (Å²) < 4.78 is 16.8. The van der Waals surface area contributed by atoms with Gasteiger partial charge in [-0.2, -0.15) is 0 Å². The molecule has 0 radical (unpaired) electrons. The van der Waals surface area contributed by atoms with Crippen LogP contribution in [0, 0.1) is 0 Å². The van der Waals surface area contributed by atoms with Gasteiger partial charge in [-0.3, -0.25) is 14.6 Å². The van der Waals surface area contributed by atoms with Gasteiger partial charge in [-0.25, -0.2) is 4.98 Å². The van der Waals surface area contributed by atoms with Gasteiger partial charge in [0.2, 0.25) is 5.91 Å². The third-order valence-corrected chi connectivity index (χ3v) is 4.55. The minimum Gasteiger partial charge on any atom is -0.493 e. The third-order valence-electron chi connectivity index (χ3n) is 4.55. The summed E-state index contributed by atoms with van der Waals surface area (Å²) in [5.41, 5.74) is 1.51. The van der Waals surface area contributed by atoms with E-state index < -0.39 is 0 Å². The first kappa shape index (κ1) is 22.7. The van der Waals surface area contributed by atoms with Crippen LogP contribution in [0.1, 0.15) is 35.7 Å². The molecule has 0 spiro atoms. The Bertz CT molecular complexity index is 1060. The number of benzene rings is 1. The molecule has 2 heterocycles. The molecule has 0 unspecified atom stereocenters. The van der Waals surface area contributed by atoms with Gasteiger partial charge >= 0.3 is 0 Å². The number of anilines is 1. The Morgan fingerprint density at radius 3 is 2.53 bits per heavy atom. The molecular formula is C24H25N3O5. The lowest BCUT2D eigenvalue weighted by Crippen LogP contribution is -2.15. The van der Waals surface area contributed by atoms with Crippen LogP contribution in [0.25, 0.3) is 0 Å². The quantitative estimate of drug-likeness (QED) is 0.358. The van der Waals surface area contributed by atoms with Crippen LogP contribution in [0.2, 0.25) is 0 Å². The highest BCUT2D eigenvalue weighted by atomic mass is 16.5. The SMILES string of the molecule is COc1cc(C(C)=O)ccc1OCCCC(=O)Nc1ncccc1OCc1ccncc1. The van der Waals surface area contributed by atoms with Crippen molar-refractivity contribution >= 4 is 17.5 Å². The zero-order chi connectivity index (χ0) is 22.8. The van der Waals surface area contributed by atoms with Crippen molar-refractivity contribution in [1.29, 1.82) is 0 Å². The zero-order valence-corrected chi connectivity index (χ0v) is 18.0. The lowest BCUT2D eigenvalue weighted by atomic mass is 10.1. The van der Waals surface area contributed by atoms with Crippen molar-refractivity contribution in [3.63, 3.8) is 0 Å². The maximum Gasteiger partial charge on any atom is 0.225 e. The largest absolute Gasteiger partial charge is 0.493 e. The molecule has 32 heavy (non-hydrogen) atoms. The van der Waals surface area contributed by atoms with Crippen molar-refractivity contribution in [2.45, 2.75) is 26.4 Å². The van der Waals surface area contributed by atoms with Crippen molar-refractivity contribution in [2.24, 2.45) is 0 Å². The predicted molar refractivity (Wildman–Crippen MR) is 119 cm³/mol. The summed E-state index contributed by atoms with van der Waals surface area (Å²) in [6.45, 7) is 2.15. The number of ketones is 1. The highest BCUT2D eigenvalue weighted by Crippen LogP contribution is 2.28. The van der Waals surface area contributed by atoms with Gasteiger partial charge in [0.05, 0.1) is 13.7 Å². The van der Waals surface area contributed by atoms with Crippen LogP contribution in [0.3, 0.4) is 0 Å². The van der Waals surface area contributed by atoms with Crippen molar-refractivity contribution in [1.82, 2.24) is 9.97 Å². The summed E-state index contributed by atoms with van der Waals surface area (Å²) in [6.07, 6.45) is 5.71.